The van der Waals surface area contributed by atoms with E-state index in [2.05, 4.69) is 0 Å². The first-order valence-corrected chi connectivity index (χ1v) is 3.55. The maximum absolute atomic E-state index is 10.1. The fourth-order valence-electron chi connectivity index (χ4n) is 0.324. The number of nitrogens with two attached hydrogens (primary N) is 1. The van der Waals surface area contributed by atoms with E-state index in [1.807, 2.05) is 6.07 Å². The van der Waals surface area contributed by atoms with Gasteiger partial charge in [0.1, 0.15) is 0 Å². The molecule has 4 heteroatoms. The molecule has 0 spiro atoms. The molecule has 0 aliphatic rings. The molecule has 0 aromatic heterocycles. The number of nitrogens with zero attached hydrogens (tertiary/aromatic N) is 1. The van der Waals surface area contributed by atoms with Crippen LogP contribution in [0.15, 0.2) is 0 Å². The summed E-state index contributed by atoms with van der Waals surface area (Å²) in [6.07, 6.45) is 1.24. The number of rotatable bonds is 3. The maximum Gasteiger partial charge on any atom is 0.276 e. The summed E-state index contributed by atoms with van der Waals surface area (Å²) in [6, 6.07) is 1.98. The van der Waals surface area contributed by atoms with Crippen molar-refractivity contribution in [2.75, 3.05) is 5.75 Å². The highest BCUT2D eigenvalue weighted by atomic mass is 32.2. The molecule has 0 aromatic rings. The molecular formula is C5H8N2OS. The van der Waals surface area contributed by atoms with Crippen molar-refractivity contribution in [3.8, 4) is 6.07 Å². The summed E-state index contributed by atoms with van der Waals surface area (Å²) < 4.78 is 0. The van der Waals surface area contributed by atoms with E-state index in [4.69, 9.17) is 11.0 Å². The Labute approximate surface area is 58.2 Å². The van der Waals surface area contributed by atoms with Crippen LogP contribution in [0.4, 0.5) is 4.79 Å². The Morgan fingerprint density at radius 2 is 2.44 bits per heavy atom. The molecule has 0 saturated heterocycles. The van der Waals surface area contributed by atoms with Crippen LogP contribution in [0.1, 0.15) is 12.8 Å². The minimum absolute atomic E-state index is 0.368. The van der Waals surface area contributed by atoms with E-state index in [1.165, 1.54) is 0 Å². The molecule has 1 amide bonds. The summed E-state index contributed by atoms with van der Waals surface area (Å²) in [4.78, 5) is 10.1. The van der Waals surface area contributed by atoms with Crippen LogP contribution in [0.2, 0.25) is 0 Å². The fourth-order valence-corrected chi connectivity index (χ4v) is 0.814. The zero-order valence-electron chi connectivity index (χ0n) is 4.96. The molecule has 0 fully saturated rings. The van der Waals surface area contributed by atoms with Gasteiger partial charge >= 0.3 is 0 Å². The third-order valence-corrected chi connectivity index (χ3v) is 1.45. The SMILES string of the molecule is N#CCCCSC(N)=O. The lowest BCUT2D eigenvalue weighted by Gasteiger charge is -1.89. The third-order valence-electron chi connectivity index (χ3n) is 0.677. The molecule has 2 N–H and O–H groups in total. The predicted octanol–water partition coefficient (Wildman–Crippen LogP) is 1.10. The lowest BCUT2D eigenvalue weighted by molar-refractivity contribution is 0.267. The Morgan fingerprint density at radius 1 is 1.78 bits per heavy atom. The zero-order valence-corrected chi connectivity index (χ0v) is 5.78. The number of amides is 1. The van der Waals surface area contributed by atoms with Crippen LogP contribution < -0.4 is 5.73 Å². The van der Waals surface area contributed by atoms with Gasteiger partial charge in [0.2, 0.25) is 0 Å². The quantitative estimate of drug-likeness (QED) is 0.603. The van der Waals surface area contributed by atoms with Crippen molar-refractivity contribution in [3.05, 3.63) is 0 Å². The maximum atomic E-state index is 10.1. The highest BCUT2D eigenvalue weighted by molar-refractivity contribution is 8.13. The number of hydrogen-bond donors (Lipinski definition) is 1. The van der Waals surface area contributed by atoms with Gasteiger partial charge in [-0.15, -0.1) is 0 Å². The van der Waals surface area contributed by atoms with E-state index in [1.54, 1.807) is 0 Å². The number of carbonyl (C=O) groups is 1. The number of thioether (sulfide) groups is 1. The van der Waals surface area contributed by atoms with Crippen molar-refractivity contribution in [2.45, 2.75) is 12.8 Å². The van der Waals surface area contributed by atoms with Gasteiger partial charge in [-0.05, 0) is 6.42 Å². The second kappa shape index (κ2) is 5.45. The molecule has 0 rings (SSSR count). The molecule has 0 aliphatic carbocycles. The summed E-state index contributed by atoms with van der Waals surface area (Å²) in [5.74, 6) is 0.656. The van der Waals surface area contributed by atoms with Crippen molar-refractivity contribution in [1.82, 2.24) is 0 Å². The van der Waals surface area contributed by atoms with Gasteiger partial charge in [0, 0.05) is 12.2 Å². The van der Waals surface area contributed by atoms with E-state index >= 15 is 0 Å². The molecular weight excluding hydrogens is 136 g/mol. The molecule has 0 heterocycles. The van der Waals surface area contributed by atoms with Crippen molar-refractivity contribution in [1.29, 1.82) is 5.26 Å². The summed E-state index contributed by atoms with van der Waals surface area (Å²) in [6.45, 7) is 0. The van der Waals surface area contributed by atoms with Gasteiger partial charge in [0.05, 0.1) is 6.07 Å². The van der Waals surface area contributed by atoms with Crippen LogP contribution in [0, 0.1) is 11.3 Å². The molecule has 9 heavy (non-hydrogen) atoms. The molecule has 0 aliphatic heterocycles. The van der Waals surface area contributed by atoms with Gasteiger partial charge in [0.25, 0.3) is 5.24 Å². The smallest absolute Gasteiger partial charge is 0.276 e. The van der Waals surface area contributed by atoms with Crippen molar-refractivity contribution in [2.24, 2.45) is 5.73 Å². The fraction of sp³-hybridized carbons (Fsp3) is 0.600. The number of carbonyl (C=O) groups excluding carboxylic acids is 1. The van der Waals surface area contributed by atoms with E-state index in [-0.39, 0.29) is 5.24 Å². The lowest BCUT2D eigenvalue weighted by Crippen LogP contribution is -2.02. The molecule has 50 valence electrons. The Kier molecular flexibility index (Phi) is 5.03. The Morgan fingerprint density at radius 3 is 2.89 bits per heavy atom. The van der Waals surface area contributed by atoms with Crippen LogP contribution in [0.25, 0.3) is 0 Å². The van der Waals surface area contributed by atoms with Gasteiger partial charge in [0.15, 0.2) is 0 Å². The molecule has 0 saturated carbocycles. The van der Waals surface area contributed by atoms with Crippen LogP contribution in [-0.2, 0) is 0 Å². The van der Waals surface area contributed by atoms with Crippen molar-refractivity contribution >= 4 is 17.0 Å². The summed E-state index contributed by atoms with van der Waals surface area (Å²) in [5, 5.41) is 7.69. The van der Waals surface area contributed by atoms with E-state index in [9.17, 15) is 4.79 Å². The Hall–Kier alpha value is -0.690. The van der Waals surface area contributed by atoms with Gasteiger partial charge in [-0.1, -0.05) is 11.8 Å². The zero-order chi connectivity index (χ0) is 7.11. The molecule has 3 nitrogen and oxygen atoms in total. The predicted molar refractivity (Wildman–Crippen MR) is 36.9 cm³/mol. The monoisotopic (exact) mass is 144 g/mol. The van der Waals surface area contributed by atoms with E-state index < -0.39 is 0 Å². The molecule has 0 radical (unpaired) electrons. The average Bonchev–Trinajstić information content (AvgIpc) is 1.80. The number of nitriles is 1. The van der Waals surface area contributed by atoms with Crippen LogP contribution >= 0.6 is 11.8 Å². The van der Waals surface area contributed by atoms with Crippen molar-refractivity contribution < 1.29 is 4.79 Å². The highest BCUT2D eigenvalue weighted by Gasteiger charge is 1.92. The van der Waals surface area contributed by atoms with Crippen LogP contribution in [0.3, 0.4) is 0 Å². The first kappa shape index (κ1) is 8.31. The average molecular weight is 144 g/mol. The first-order chi connectivity index (χ1) is 4.27. The van der Waals surface area contributed by atoms with E-state index in [0.29, 0.717) is 12.2 Å². The largest absolute Gasteiger partial charge is 0.361 e. The number of hydrogen-bond acceptors (Lipinski definition) is 3. The second-order valence-corrected chi connectivity index (χ2v) is 2.53. The van der Waals surface area contributed by atoms with Gasteiger partial charge in [-0.2, -0.15) is 5.26 Å². The van der Waals surface area contributed by atoms with E-state index in [0.717, 1.165) is 18.2 Å². The summed E-state index contributed by atoms with van der Waals surface area (Å²) >= 11 is 1.06. The summed E-state index contributed by atoms with van der Waals surface area (Å²) in [5.41, 5.74) is 4.82. The first-order valence-electron chi connectivity index (χ1n) is 2.56. The Balaban J connectivity index is 2.94. The van der Waals surface area contributed by atoms with Crippen LogP contribution in [-0.4, -0.2) is 11.0 Å². The Bertz CT molecular complexity index is 129. The normalized spacial score (nSPS) is 8.33. The standard InChI is InChI=1S/C5H8N2OS/c6-3-1-2-4-9-5(7)8/h1-2,4H2,(H2,7,8). The summed E-state index contributed by atoms with van der Waals surface area (Å²) in [7, 11) is 0. The number of unbranched alkanes of at least 4 members (excludes halogenated alkanes) is 1. The molecule has 0 atom stereocenters. The minimum atomic E-state index is -0.368. The third kappa shape index (κ3) is 7.31. The molecule has 0 unspecified atom stereocenters. The minimum Gasteiger partial charge on any atom is -0.361 e. The van der Waals surface area contributed by atoms with Gasteiger partial charge in [-0.3, -0.25) is 4.79 Å². The van der Waals surface area contributed by atoms with Crippen molar-refractivity contribution in [3.63, 3.8) is 0 Å². The molecule has 0 aromatic carbocycles. The number of primary amides is 1. The molecule has 0 bridgehead atoms. The van der Waals surface area contributed by atoms with Gasteiger partial charge in [-0.25, -0.2) is 0 Å². The highest BCUT2D eigenvalue weighted by Crippen LogP contribution is 2.02. The lowest BCUT2D eigenvalue weighted by atomic mass is 10.4. The second-order valence-electron chi connectivity index (χ2n) is 1.43. The van der Waals surface area contributed by atoms with Crippen LogP contribution in [0.5, 0.6) is 0 Å². The van der Waals surface area contributed by atoms with Gasteiger partial charge < -0.3 is 5.73 Å². The topological polar surface area (TPSA) is 66.9 Å².